The molecule has 0 radical (unpaired) electrons. The van der Waals surface area contributed by atoms with Crippen molar-refractivity contribution in [3.63, 3.8) is 0 Å². The SMILES string of the molecule is C.C.C.CC1(C)O[C@H]2[C@H](n3ccc4c(Cl)ncnc43)O[C@H](CO)[C@@]2(C)O1.CC1(C)O[C@H]2[C@H](n3ccc4c(Cl)ncnc43)O[C@H](COc3ccccc3)[C@@]2(C)O1.CC1(C)O[C@H]2[C@H](n3ccc4c(N)ncnc43)O[C@H](COc3ccccc3)[C@@]2(C)O1.C[C@@]1(O)[C@@H](COc2ccccc2)O[C@@H](n2ccc3c(N)ncnc32)[C@@H]1O.N.O.Oc1ccccc1. The molecule has 119 heavy (non-hydrogen) atoms. The first kappa shape index (κ1) is 91.4. The summed E-state index contributed by atoms with van der Waals surface area (Å²) in [6.07, 6.45) is 6.73. The highest BCUT2D eigenvalue weighted by molar-refractivity contribution is 6.34. The molecule has 7 fully saturated rings. The number of aliphatic hydroxyl groups is 3. The Kier molecular flexibility index (Phi) is 27.8. The van der Waals surface area contributed by atoms with Crippen molar-refractivity contribution in [2.45, 2.75) is 205 Å². The van der Waals surface area contributed by atoms with Crippen LogP contribution in [0.25, 0.3) is 44.1 Å². The fourth-order valence-electron chi connectivity index (χ4n) is 15.7. The van der Waals surface area contributed by atoms with Crippen LogP contribution in [0.3, 0.4) is 0 Å². The molecule has 0 aliphatic carbocycles. The summed E-state index contributed by atoms with van der Waals surface area (Å²) in [5.74, 6) is 1.11. The maximum atomic E-state index is 10.8. The number of phenols is 1. The molecular formula is C84H107Cl2N15O18. The van der Waals surface area contributed by atoms with Gasteiger partial charge in [-0.2, -0.15) is 0 Å². The molecule has 640 valence electrons. The summed E-state index contributed by atoms with van der Waals surface area (Å²) in [6, 6.07) is 44.6. The van der Waals surface area contributed by atoms with Gasteiger partial charge in [-0.05, 0) is 142 Å². The molecule has 7 saturated heterocycles. The number of para-hydroxylation sites is 4. The number of rotatable bonds is 14. The fourth-order valence-corrected chi connectivity index (χ4v) is 16.1. The molecule has 35 heteroatoms. The van der Waals surface area contributed by atoms with Gasteiger partial charge in [0.1, 0.15) is 184 Å². The van der Waals surface area contributed by atoms with Crippen molar-refractivity contribution >= 4 is 79.0 Å². The molecule has 33 nitrogen and oxygen atoms in total. The quantitative estimate of drug-likeness (QED) is 0.0497. The Balaban J connectivity index is 0.000000160. The van der Waals surface area contributed by atoms with E-state index in [4.69, 9.17) is 101 Å². The number of aromatic hydroxyl groups is 1. The number of fused-ring (bicyclic) bond motifs is 7. The molecule has 7 aliphatic heterocycles. The van der Waals surface area contributed by atoms with Crippen molar-refractivity contribution in [3.8, 4) is 23.0 Å². The van der Waals surface area contributed by atoms with Gasteiger partial charge < -0.3 is 123 Å². The first-order chi connectivity index (χ1) is 54.5. The minimum atomic E-state index is -1.49. The third-order valence-electron chi connectivity index (χ3n) is 21.2. The van der Waals surface area contributed by atoms with Crippen molar-refractivity contribution in [2.75, 3.05) is 37.9 Å². The average Bonchev–Trinajstić information content (AvgIpc) is 1.57. The number of aromatic nitrogens is 12. The van der Waals surface area contributed by atoms with Crippen LogP contribution in [-0.2, 0) is 47.4 Å². The number of benzene rings is 4. The number of nitrogens with zero attached hydrogens (tertiary/aromatic N) is 12. The summed E-state index contributed by atoms with van der Waals surface area (Å²) in [5, 5.41) is 43.5. The van der Waals surface area contributed by atoms with Crippen LogP contribution in [0, 0.1) is 0 Å². The van der Waals surface area contributed by atoms with Gasteiger partial charge in [-0.15, -0.1) is 0 Å². The number of aliphatic hydroxyl groups excluding tert-OH is 2. The van der Waals surface area contributed by atoms with E-state index in [2.05, 4.69) is 39.9 Å². The highest BCUT2D eigenvalue weighted by Gasteiger charge is 2.67. The number of ether oxygens (including phenoxy) is 13. The Morgan fingerprint density at radius 2 is 0.689 bits per heavy atom. The van der Waals surface area contributed by atoms with E-state index >= 15 is 0 Å². The summed E-state index contributed by atoms with van der Waals surface area (Å²) >= 11 is 12.3. The Labute approximate surface area is 699 Å². The lowest BCUT2D eigenvalue weighted by Crippen LogP contribution is -2.47. The molecule has 0 unspecified atom stereocenters. The molecule has 15 heterocycles. The van der Waals surface area contributed by atoms with Crippen molar-refractivity contribution < 1.29 is 87.5 Å². The van der Waals surface area contributed by atoms with Crippen LogP contribution < -0.4 is 31.8 Å². The topological polar surface area (TPSA) is 442 Å². The van der Waals surface area contributed by atoms with Crippen LogP contribution in [0.5, 0.6) is 23.0 Å². The predicted molar refractivity (Wildman–Crippen MR) is 446 cm³/mol. The summed E-state index contributed by atoms with van der Waals surface area (Å²) in [7, 11) is 0. The zero-order chi connectivity index (χ0) is 80.3. The van der Waals surface area contributed by atoms with Crippen molar-refractivity contribution in [2.24, 2.45) is 0 Å². The maximum Gasteiger partial charge on any atom is 0.165 e. The second-order valence-electron chi connectivity index (χ2n) is 30.5. The molecule has 0 bridgehead atoms. The molecule has 19 rings (SSSR count). The van der Waals surface area contributed by atoms with Crippen LogP contribution in [-0.4, -0.2) is 199 Å². The highest BCUT2D eigenvalue weighted by Crippen LogP contribution is 2.54. The number of phenolic OH excluding ortho intramolecular Hbond substituents is 1. The summed E-state index contributed by atoms with van der Waals surface area (Å²) in [4.78, 5) is 33.4. The maximum absolute atomic E-state index is 10.8. The largest absolute Gasteiger partial charge is 0.508 e. The third-order valence-corrected chi connectivity index (χ3v) is 21.8. The second kappa shape index (κ2) is 36.2. The van der Waals surface area contributed by atoms with Gasteiger partial charge in [-0.3, -0.25) is 0 Å². The van der Waals surface area contributed by atoms with Gasteiger partial charge in [0.05, 0.1) is 28.2 Å². The lowest BCUT2D eigenvalue weighted by Gasteiger charge is -2.29. The van der Waals surface area contributed by atoms with Crippen LogP contribution in [0.2, 0.25) is 10.3 Å². The number of halogens is 2. The fraction of sp³-hybridized carbons (Fsp3) is 0.429. The number of nitrogens with two attached hydrogens (primary N) is 2. The van der Waals surface area contributed by atoms with Gasteiger partial charge in [0.2, 0.25) is 0 Å². The molecule has 7 aliphatic rings. The van der Waals surface area contributed by atoms with Crippen LogP contribution in [0.15, 0.2) is 196 Å². The van der Waals surface area contributed by atoms with Gasteiger partial charge in [-0.25, -0.2) is 39.9 Å². The molecule has 12 aromatic rings. The van der Waals surface area contributed by atoms with Crippen LogP contribution >= 0.6 is 23.2 Å². The van der Waals surface area contributed by atoms with Gasteiger partial charge in [-0.1, -0.05) is 118 Å². The van der Waals surface area contributed by atoms with E-state index < -0.39 is 83.0 Å². The smallest absolute Gasteiger partial charge is 0.165 e. The zero-order valence-electron chi connectivity index (χ0n) is 65.3. The van der Waals surface area contributed by atoms with Gasteiger partial charge in [0, 0.05) is 24.8 Å². The molecule has 8 aromatic heterocycles. The van der Waals surface area contributed by atoms with Crippen LogP contribution in [0.1, 0.15) is 116 Å². The van der Waals surface area contributed by atoms with E-state index in [0.717, 1.165) is 27.7 Å². The van der Waals surface area contributed by atoms with E-state index in [1.54, 1.807) is 41.1 Å². The molecule has 13 N–H and O–H groups in total. The predicted octanol–water partition coefficient (Wildman–Crippen LogP) is 12.5. The van der Waals surface area contributed by atoms with Crippen molar-refractivity contribution in [1.82, 2.24) is 64.3 Å². The lowest BCUT2D eigenvalue weighted by atomic mass is 9.95. The van der Waals surface area contributed by atoms with Crippen LogP contribution in [0.4, 0.5) is 11.6 Å². The molecule has 0 amide bonds. The summed E-state index contributed by atoms with van der Waals surface area (Å²) in [5.41, 5.74) is 10.8. The van der Waals surface area contributed by atoms with E-state index in [-0.39, 0.29) is 77.6 Å². The van der Waals surface area contributed by atoms with E-state index in [0.29, 0.717) is 74.6 Å². The first-order valence-electron chi connectivity index (χ1n) is 37.1. The molecule has 4 aromatic carbocycles. The normalized spacial score (nSPS) is 28.5. The van der Waals surface area contributed by atoms with Gasteiger partial charge in [0.15, 0.2) is 42.3 Å². The van der Waals surface area contributed by atoms with E-state index in [9.17, 15) is 15.3 Å². The number of hydrogen-bond donors (Lipinski definition) is 7. The first-order valence-corrected chi connectivity index (χ1v) is 37.9. The highest BCUT2D eigenvalue weighted by atomic mass is 35.5. The Morgan fingerprint density at radius 3 is 1.03 bits per heavy atom. The van der Waals surface area contributed by atoms with E-state index in [1.807, 2.05) is 210 Å². The number of nitrogen functional groups attached to an aromatic ring is 2. The second-order valence-corrected chi connectivity index (χ2v) is 31.2. The standard InChI is InChI=1S/C21H22ClN3O4.C21H24N4O4.C18H20N4O4.C15H18ClN3O4.C6H6O.3CH4.H3N.H2O/c2*1-20(2)28-16-19(25-10-9-14-17(22)23-12-24-18(14)25)27-15(21(16,3)29-20)11-26-13-7-5-4-6-8-13;1-18(24)13(9-25-11-5-3-2-4-6-11)26-17(14(18)23)22-8-7-12-15(19)20-10-21-16(12)22;1-14(2)22-10-13(21-9(6-20)15(10,3)23-14)19-5-4-8-11(16)17-7-18-12(8)19;7-6-4-2-1-3-5-6;;;;;/h4-10,12,15-16,19H,11H2,1-3H3;4-10,12,15-16,19H,11H2,1-3H3,(H2,22,23,24);2-8,10,13-14,17,23-24H,9H2,1H3,(H2,19,20,21);4-5,7,9-10,13,20H,6H2,1-3H3;1-5,7H;3*1H4;1H3;1H2/t2*15-,16+,19-,21-;13-,14+,17-,18-;9-,10+,13-,15-;;;;;;/m1111....../s1. The minimum Gasteiger partial charge on any atom is -0.508 e. The van der Waals surface area contributed by atoms with Crippen molar-refractivity contribution in [3.05, 3.63) is 206 Å². The number of anilines is 2. The van der Waals surface area contributed by atoms with Crippen molar-refractivity contribution in [1.29, 1.82) is 0 Å². The Morgan fingerprint density at radius 1 is 0.403 bits per heavy atom. The van der Waals surface area contributed by atoms with Gasteiger partial charge in [0.25, 0.3) is 0 Å². The average molecular weight is 1690 g/mol. The minimum absolute atomic E-state index is 0. The van der Waals surface area contributed by atoms with E-state index in [1.165, 1.54) is 32.2 Å². The lowest BCUT2D eigenvalue weighted by molar-refractivity contribution is -0.214. The molecular weight excluding hydrogens is 1580 g/mol. The third kappa shape index (κ3) is 18.0. The Bertz CT molecular complexity index is 5160. The molecule has 0 saturated carbocycles. The number of hydrogen-bond acceptors (Lipinski definition) is 28. The Hall–Kier alpha value is -9.86. The molecule has 16 atom stereocenters. The van der Waals surface area contributed by atoms with Gasteiger partial charge >= 0.3 is 0 Å². The summed E-state index contributed by atoms with van der Waals surface area (Å²) < 4.78 is 87.2. The summed E-state index contributed by atoms with van der Waals surface area (Å²) in [6.45, 7) is 19.4. The zero-order valence-corrected chi connectivity index (χ0v) is 66.8. The monoisotopic (exact) mass is 1680 g/mol. The molecule has 0 spiro atoms.